The van der Waals surface area contributed by atoms with Gasteiger partial charge in [0.1, 0.15) is 23.0 Å². The molecule has 0 heterocycles. The van der Waals surface area contributed by atoms with E-state index in [0.717, 1.165) is 0 Å². The second kappa shape index (κ2) is 12.8. The number of halogens is 2. The number of carbonyl (C=O) groups is 2. The average molecular weight is 521 g/mol. The molecule has 0 unspecified atom stereocenters. The summed E-state index contributed by atoms with van der Waals surface area (Å²) in [5.74, 6) is 1.34. The van der Waals surface area contributed by atoms with Gasteiger partial charge in [0.15, 0.2) is 0 Å². The lowest BCUT2D eigenvalue weighted by atomic mass is 10.2. The van der Waals surface area contributed by atoms with Crippen molar-refractivity contribution in [3.63, 3.8) is 0 Å². The smallest absolute Gasteiger partial charge is 0.235 e. The first-order valence-electron chi connectivity index (χ1n) is 9.00. The summed E-state index contributed by atoms with van der Waals surface area (Å²) >= 11 is 12.1. The highest BCUT2D eigenvalue weighted by atomic mass is 35.5. The molecule has 0 radical (unpaired) electrons. The highest BCUT2D eigenvalue weighted by Crippen LogP contribution is 2.37. The first-order chi connectivity index (χ1) is 15.3. The molecule has 0 aromatic heterocycles. The Hall–Kier alpha value is -2.14. The molecule has 2 aromatic rings. The number of benzene rings is 2. The van der Waals surface area contributed by atoms with E-state index in [2.05, 4.69) is 10.6 Å². The molecule has 12 heteroatoms. The van der Waals surface area contributed by atoms with Crippen molar-refractivity contribution >= 4 is 68.0 Å². The third kappa shape index (κ3) is 7.19. The summed E-state index contributed by atoms with van der Waals surface area (Å²) in [6.07, 6.45) is 0. The number of ether oxygens (including phenoxy) is 4. The van der Waals surface area contributed by atoms with Gasteiger partial charge in [-0.25, -0.2) is 0 Å². The Bertz CT molecular complexity index is 900. The van der Waals surface area contributed by atoms with E-state index in [9.17, 15) is 9.59 Å². The van der Waals surface area contributed by atoms with Gasteiger partial charge >= 0.3 is 0 Å². The van der Waals surface area contributed by atoms with E-state index < -0.39 is 0 Å². The zero-order valence-electron chi connectivity index (χ0n) is 17.7. The Labute approximate surface area is 204 Å². The molecule has 0 saturated carbocycles. The fraction of sp³-hybridized carbons (Fsp3) is 0.300. The molecule has 2 N–H and O–H groups in total. The lowest BCUT2D eigenvalue weighted by Gasteiger charge is -2.13. The van der Waals surface area contributed by atoms with Crippen LogP contribution in [0.1, 0.15) is 0 Å². The summed E-state index contributed by atoms with van der Waals surface area (Å²) in [6, 6.07) is 6.28. The Morgan fingerprint density at radius 3 is 1.34 bits per heavy atom. The maximum absolute atomic E-state index is 12.3. The number of hydrogen-bond donors (Lipinski definition) is 2. The van der Waals surface area contributed by atoms with Crippen LogP contribution in [0, 0.1) is 0 Å². The Kier molecular flexibility index (Phi) is 10.4. The van der Waals surface area contributed by atoms with E-state index in [1.165, 1.54) is 50.0 Å². The van der Waals surface area contributed by atoms with Crippen LogP contribution in [0.25, 0.3) is 0 Å². The quantitative estimate of drug-likeness (QED) is 0.316. The SMILES string of the molecule is COc1cc(NC(=O)CSSCC(=O)Nc2cc(OC)c(Cl)cc2OC)c(OC)cc1Cl. The first kappa shape index (κ1) is 26.1. The topological polar surface area (TPSA) is 95.1 Å². The van der Waals surface area contributed by atoms with Crippen molar-refractivity contribution in [1.29, 1.82) is 0 Å². The molecule has 2 amide bonds. The van der Waals surface area contributed by atoms with Gasteiger partial charge in [0, 0.05) is 24.3 Å². The minimum Gasteiger partial charge on any atom is -0.495 e. The van der Waals surface area contributed by atoms with Gasteiger partial charge in [0.05, 0.1) is 61.4 Å². The number of methoxy groups -OCH3 is 4. The van der Waals surface area contributed by atoms with Gasteiger partial charge in [-0.1, -0.05) is 44.8 Å². The van der Waals surface area contributed by atoms with Crippen LogP contribution < -0.4 is 29.6 Å². The third-order valence-electron chi connectivity index (χ3n) is 3.96. The third-order valence-corrected chi connectivity index (χ3v) is 6.68. The standard InChI is InChI=1S/C20H22Cl2N2O6S2/c1-27-15-7-13(17(29-3)5-11(15)21)23-19(25)9-31-32-10-20(26)24-14-8-16(28-2)12(22)6-18(14)30-4/h5-8H,9-10H2,1-4H3,(H,23,25)(H,24,26). The van der Waals surface area contributed by atoms with Crippen molar-refractivity contribution in [2.45, 2.75) is 0 Å². The van der Waals surface area contributed by atoms with E-state index in [1.807, 2.05) is 0 Å². The van der Waals surface area contributed by atoms with Crippen LogP contribution in [0.2, 0.25) is 10.0 Å². The van der Waals surface area contributed by atoms with Gasteiger partial charge < -0.3 is 29.6 Å². The van der Waals surface area contributed by atoms with Crippen LogP contribution in [-0.4, -0.2) is 51.8 Å². The molecule has 174 valence electrons. The first-order valence-corrected chi connectivity index (χ1v) is 12.2. The number of carbonyl (C=O) groups excluding carboxylic acids is 2. The number of amides is 2. The summed E-state index contributed by atoms with van der Waals surface area (Å²) in [4.78, 5) is 24.5. The lowest BCUT2D eigenvalue weighted by molar-refractivity contribution is -0.114. The fourth-order valence-corrected chi connectivity index (χ4v) is 4.61. The van der Waals surface area contributed by atoms with Gasteiger partial charge in [-0.3, -0.25) is 9.59 Å². The number of rotatable bonds is 11. The summed E-state index contributed by atoms with van der Waals surface area (Å²) in [6.45, 7) is 0. The van der Waals surface area contributed by atoms with Crippen molar-refractivity contribution in [1.82, 2.24) is 0 Å². The summed E-state index contributed by atoms with van der Waals surface area (Å²) < 4.78 is 20.8. The van der Waals surface area contributed by atoms with Crippen molar-refractivity contribution in [2.75, 3.05) is 50.6 Å². The van der Waals surface area contributed by atoms with E-state index >= 15 is 0 Å². The summed E-state index contributed by atoms with van der Waals surface area (Å²) in [5, 5.41) is 6.23. The normalized spacial score (nSPS) is 10.3. The summed E-state index contributed by atoms with van der Waals surface area (Å²) in [7, 11) is 8.38. The Balaban J connectivity index is 1.85. The fourth-order valence-electron chi connectivity index (χ4n) is 2.48. The summed E-state index contributed by atoms with van der Waals surface area (Å²) in [5.41, 5.74) is 0.872. The van der Waals surface area contributed by atoms with Crippen LogP contribution in [0.5, 0.6) is 23.0 Å². The van der Waals surface area contributed by atoms with Crippen molar-refractivity contribution in [2.24, 2.45) is 0 Å². The molecule has 2 rings (SSSR count). The predicted molar refractivity (Wildman–Crippen MR) is 131 cm³/mol. The number of nitrogens with one attached hydrogen (secondary N) is 2. The maximum atomic E-state index is 12.3. The van der Waals surface area contributed by atoms with E-state index in [-0.39, 0.29) is 23.3 Å². The molecule has 8 nitrogen and oxygen atoms in total. The van der Waals surface area contributed by atoms with Crippen LogP contribution in [0.4, 0.5) is 11.4 Å². The minimum absolute atomic E-state index is 0.115. The monoisotopic (exact) mass is 520 g/mol. The Morgan fingerprint density at radius 1 is 0.688 bits per heavy atom. The van der Waals surface area contributed by atoms with Gasteiger partial charge in [0.25, 0.3) is 0 Å². The molecule has 0 aliphatic rings. The van der Waals surface area contributed by atoms with Gasteiger partial charge in [0.2, 0.25) is 11.8 Å². The zero-order chi connectivity index (χ0) is 23.7. The highest BCUT2D eigenvalue weighted by molar-refractivity contribution is 8.77. The molecule has 0 bridgehead atoms. The number of anilines is 2. The van der Waals surface area contributed by atoms with E-state index in [4.69, 9.17) is 42.1 Å². The van der Waals surface area contributed by atoms with Crippen molar-refractivity contribution < 1.29 is 28.5 Å². The van der Waals surface area contributed by atoms with E-state index in [1.54, 1.807) is 24.3 Å². The van der Waals surface area contributed by atoms with Crippen LogP contribution in [0.3, 0.4) is 0 Å². The second-order valence-electron chi connectivity index (χ2n) is 5.99. The van der Waals surface area contributed by atoms with Crippen LogP contribution >= 0.6 is 44.8 Å². The molecule has 32 heavy (non-hydrogen) atoms. The Morgan fingerprint density at radius 2 is 1.03 bits per heavy atom. The molecule has 0 saturated heterocycles. The van der Waals surface area contributed by atoms with Crippen LogP contribution in [0.15, 0.2) is 24.3 Å². The average Bonchev–Trinajstić information content (AvgIpc) is 2.78. The minimum atomic E-state index is -0.269. The number of hydrogen-bond acceptors (Lipinski definition) is 8. The molecule has 0 atom stereocenters. The molecular formula is C20H22Cl2N2O6S2. The predicted octanol–water partition coefficient (Wildman–Crippen LogP) is 4.99. The molecule has 0 aliphatic carbocycles. The highest BCUT2D eigenvalue weighted by Gasteiger charge is 2.15. The molecule has 0 spiro atoms. The maximum Gasteiger partial charge on any atom is 0.235 e. The van der Waals surface area contributed by atoms with Crippen molar-refractivity contribution in [3.8, 4) is 23.0 Å². The van der Waals surface area contributed by atoms with Crippen LogP contribution in [-0.2, 0) is 9.59 Å². The largest absolute Gasteiger partial charge is 0.495 e. The van der Waals surface area contributed by atoms with Gasteiger partial charge in [-0.05, 0) is 0 Å². The second-order valence-corrected chi connectivity index (χ2v) is 9.27. The molecule has 0 fully saturated rings. The van der Waals surface area contributed by atoms with Gasteiger partial charge in [-0.2, -0.15) is 0 Å². The van der Waals surface area contributed by atoms with Crippen molar-refractivity contribution in [3.05, 3.63) is 34.3 Å². The van der Waals surface area contributed by atoms with E-state index in [0.29, 0.717) is 44.4 Å². The lowest BCUT2D eigenvalue weighted by Crippen LogP contribution is -2.16. The zero-order valence-corrected chi connectivity index (χ0v) is 20.9. The molecule has 0 aliphatic heterocycles. The molecular weight excluding hydrogens is 499 g/mol. The van der Waals surface area contributed by atoms with Gasteiger partial charge in [-0.15, -0.1) is 0 Å². The molecule has 2 aromatic carbocycles.